The van der Waals surface area contributed by atoms with Gasteiger partial charge in [0.15, 0.2) is 0 Å². The molecular weight excluding hydrogens is 1470 g/mol. The first kappa shape index (κ1) is 99.1. The van der Waals surface area contributed by atoms with Crippen LogP contribution < -0.4 is 27.1 Å². The molecule has 0 radical (unpaired) electrons. The molecule has 0 saturated carbocycles. The molecule has 0 aliphatic heterocycles. The van der Waals surface area contributed by atoms with Gasteiger partial charge in [0, 0.05) is 22.6 Å². The van der Waals surface area contributed by atoms with Gasteiger partial charge in [-0.2, -0.15) is 0 Å². The van der Waals surface area contributed by atoms with E-state index < -0.39 is 25.8 Å². The maximum absolute atomic E-state index is 7.27. The van der Waals surface area contributed by atoms with E-state index in [0.717, 1.165) is 127 Å². The molecule has 3 atom stereocenters. The molecule has 6 rings (SSSR count). The Morgan fingerprint density at radius 1 is 0.270 bits per heavy atom. The van der Waals surface area contributed by atoms with E-state index in [-0.39, 0.29) is 28.1 Å². The third-order valence-electron chi connectivity index (χ3n) is 22.8. The number of benzene rings is 6. The molecule has 12 heteroatoms. The highest BCUT2D eigenvalue weighted by Crippen LogP contribution is 2.53. The van der Waals surface area contributed by atoms with E-state index in [1.54, 1.807) is 0 Å². The van der Waals surface area contributed by atoms with Crippen LogP contribution in [0.25, 0.3) is 0 Å². The molecule has 0 spiro atoms. The molecule has 0 saturated heterocycles. The van der Waals surface area contributed by atoms with Crippen molar-refractivity contribution >= 4 is 25.8 Å². The minimum Gasteiger partial charge on any atom is -0.426 e. The first-order valence-corrected chi connectivity index (χ1v) is 49.8. The zero-order valence-corrected chi connectivity index (χ0v) is 79.2. The second-order valence-corrected chi connectivity index (χ2v) is 39.8. The fourth-order valence-corrected chi connectivity index (χ4v) is 18.6. The Morgan fingerprint density at radius 3 is 0.817 bits per heavy atom. The zero-order chi connectivity index (χ0) is 83.3. The second-order valence-electron chi connectivity index (χ2n) is 36.6. The predicted molar refractivity (Wildman–Crippen MR) is 498 cm³/mol. The summed E-state index contributed by atoms with van der Waals surface area (Å²) in [5.41, 5.74) is 13.7. The predicted octanol–water partition coefficient (Wildman–Crippen LogP) is 34.7. The van der Waals surface area contributed by atoms with Crippen LogP contribution >= 0.6 is 25.8 Å². The lowest BCUT2D eigenvalue weighted by molar-refractivity contribution is 0.197. The lowest BCUT2D eigenvalue weighted by Crippen LogP contribution is -2.19. The van der Waals surface area contributed by atoms with E-state index in [0.29, 0.717) is 19.8 Å². The highest BCUT2D eigenvalue weighted by Gasteiger charge is 2.34. The summed E-state index contributed by atoms with van der Waals surface area (Å²) in [7, 11) is -5.46. The Labute approximate surface area is 708 Å². The van der Waals surface area contributed by atoms with Gasteiger partial charge in [0.25, 0.3) is 0 Å². The topological polar surface area (TPSA) is 83.1 Å². The quantitative estimate of drug-likeness (QED) is 0.0274. The molecule has 644 valence electrons. The maximum atomic E-state index is 7.27. The molecule has 6 aromatic carbocycles. The van der Waals surface area contributed by atoms with Gasteiger partial charge in [0.2, 0.25) is 0 Å². The molecule has 9 nitrogen and oxygen atoms in total. The Bertz CT molecular complexity index is 3470. The molecule has 0 bridgehead atoms. The smallest absolute Gasteiger partial charge is 0.426 e. The molecular formula is C103H163O9P3. The number of aryl methyl sites for hydroxylation is 6. The van der Waals surface area contributed by atoms with Crippen molar-refractivity contribution < 1.29 is 40.7 Å². The fraction of sp³-hybridized carbons (Fsp3) is 0.650. The number of hydrogen-bond donors (Lipinski definition) is 0. The normalized spacial score (nSPS) is 12.9. The molecule has 3 unspecified atom stereocenters. The van der Waals surface area contributed by atoms with Crippen molar-refractivity contribution in [2.45, 2.75) is 416 Å². The van der Waals surface area contributed by atoms with Gasteiger partial charge in [-0.3, -0.25) is 4.52 Å². The van der Waals surface area contributed by atoms with E-state index in [1.807, 2.05) is 0 Å². The first-order chi connectivity index (χ1) is 55.4. The lowest BCUT2D eigenvalue weighted by Gasteiger charge is -2.33. The van der Waals surface area contributed by atoms with Crippen molar-refractivity contribution in [2.24, 2.45) is 0 Å². The maximum Gasteiger partial charge on any atom is 0.530 e. The zero-order valence-electron chi connectivity index (χ0n) is 76.5. The van der Waals surface area contributed by atoms with Crippen LogP contribution in [0.4, 0.5) is 0 Å². The summed E-state index contributed by atoms with van der Waals surface area (Å²) in [6.07, 6.45) is 48.3. The first-order valence-electron chi connectivity index (χ1n) is 46.5. The van der Waals surface area contributed by atoms with Crippen LogP contribution in [0.5, 0.6) is 34.5 Å². The second kappa shape index (κ2) is 55.3. The highest BCUT2D eigenvalue weighted by atomic mass is 31.2. The fourth-order valence-electron chi connectivity index (χ4n) is 15.5. The van der Waals surface area contributed by atoms with Crippen LogP contribution in [0.1, 0.15) is 427 Å². The molecule has 0 amide bonds. The SMILES string of the molecule is CCCCCCCCOP(OCCCCCCCC)Oc1cc(C)c(C(CC(C)c2cc(C(C)(C)C)c(OP(Oc3ccc(CCCCCCCC)cc3)Oc3ccc(CCCCCCCC)cc3)cc2C)c2cc(C(C)(C)C)c(OP(OCCCCCCCC)Oc3ccc(CCCCCCCC)cc3)cc2C)cc1C(C)(C)C. The van der Waals surface area contributed by atoms with E-state index in [9.17, 15) is 0 Å². The van der Waals surface area contributed by atoms with Gasteiger partial charge in [0.1, 0.15) is 34.5 Å². The average Bonchev–Trinajstić information content (AvgIpc) is 0.760. The van der Waals surface area contributed by atoms with E-state index >= 15 is 0 Å². The van der Waals surface area contributed by atoms with Gasteiger partial charge in [-0.25, -0.2) is 0 Å². The standard InChI is InChI=1S/C103H163O9P3/c1-20-26-32-38-44-50-56-85-59-65-88(66-60-85)107-114(106-73-55-49-43-37-31-25-6)111-99-77-84(10)93(80-97(99)103(17,18)19)94(92-79-96(102(14,15)16)98(76-83(92)9)110-113(104-71-53-47-41-35-29-23-4)105-72-54-48-42-36-30-24-5)74-81(7)91-78-95(101(11,12)13)100(75-82(91)8)112-115(108-89-67-61-86(62-68-89)57-51-45-39-33-27-21-2)109-90-69-63-87(64-70-90)58-52-46-40-34-28-22-3/h59-70,75-81,94H,20-58,71-74H2,1-19H3. The van der Waals surface area contributed by atoms with Gasteiger partial charge in [-0.05, 0) is 212 Å². The summed E-state index contributed by atoms with van der Waals surface area (Å²) in [6.45, 7) is 45.6. The molecule has 0 aromatic heterocycles. The summed E-state index contributed by atoms with van der Waals surface area (Å²) in [5.74, 6) is 4.66. The Morgan fingerprint density at radius 2 is 0.513 bits per heavy atom. The summed E-state index contributed by atoms with van der Waals surface area (Å²) in [6, 6.07) is 40.2. The molecule has 0 aliphatic carbocycles. The van der Waals surface area contributed by atoms with Gasteiger partial charge >= 0.3 is 25.8 Å². The molecule has 115 heavy (non-hydrogen) atoms. The summed E-state index contributed by atoms with van der Waals surface area (Å²) in [4.78, 5) is 0. The van der Waals surface area contributed by atoms with E-state index in [4.69, 9.17) is 40.7 Å². The van der Waals surface area contributed by atoms with Crippen molar-refractivity contribution in [3.05, 3.63) is 176 Å². The Balaban J connectivity index is 1.46. The molecule has 0 N–H and O–H groups in total. The Hall–Kier alpha value is -4.71. The van der Waals surface area contributed by atoms with Gasteiger partial charge in [-0.15, -0.1) is 0 Å². The summed E-state index contributed by atoms with van der Waals surface area (Å²) < 4.78 is 62.6. The van der Waals surface area contributed by atoms with Crippen molar-refractivity contribution in [1.82, 2.24) is 0 Å². The van der Waals surface area contributed by atoms with Gasteiger partial charge in [-0.1, -0.05) is 358 Å². The van der Waals surface area contributed by atoms with Gasteiger partial charge < -0.3 is 36.2 Å². The van der Waals surface area contributed by atoms with Crippen LogP contribution in [0, 0.1) is 20.8 Å². The molecule has 0 fully saturated rings. The minimum atomic E-state index is -1.96. The number of rotatable bonds is 62. The Kier molecular flexibility index (Phi) is 47.6. The molecule has 6 aromatic rings. The number of unbranched alkanes of at least 4 members (excludes halogenated alkanes) is 30. The average molecular weight is 1640 g/mol. The van der Waals surface area contributed by atoms with Crippen LogP contribution in [-0.2, 0) is 49.1 Å². The molecule has 0 heterocycles. The lowest BCUT2D eigenvalue weighted by atomic mass is 9.74. The van der Waals surface area contributed by atoms with Crippen molar-refractivity contribution in [2.75, 3.05) is 19.8 Å². The van der Waals surface area contributed by atoms with E-state index in [2.05, 4.69) is 241 Å². The molecule has 0 aliphatic rings. The largest absolute Gasteiger partial charge is 0.530 e. The van der Waals surface area contributed by atoms with Crippen molar-refractivity contribution in [1.29, 1.82) is 0 Å². The van der Waals surface area contributed by atoms with Crippen LogP contribution in [0.3, 0.4) is 0 Å². The highest BCUT2D eigenvalue weighted by molar-refractivity contribution is 7.43. The third kappa shape index (κ3) is 37.9. The van der Waals surface area contributed by atoms with E-state index in [1.165, 1.54) is 232 Å². The van der Waals surface area contributed by atoms with Crippen LogP contribution in [-0.4, -0.2) is 19.8 Å². The third-order valence-corrected chi connectivity index (χ3v) is 26.1. The van der Waals surface area contributed by atoms with Crippen molar-refractivity contribution in [3.63, 3.8) is 0 Å². The number of hydrogen-bond acceptors (Lipinski definition) is 9. The summed E-state index contributed by atoms with van der Waals surface area (Å²) in [5, 5.41) is 0. The monoisotopic (exact) mass is 1640 g/mol. The minimum absolute atomic E-state index is 0.0660. The van der Waals surface area contributed by atoms with Crippen molar-refractivity contribution in [3.8, 4) is 34.5 Å². The van der Waals surface area contributed by atoms with Crippen LogP contribution in [0.2, 0.25) is 0 Å². The summed E-state index contributed by atoms with van der Waals surface area (Å²) >= 11 is 0. The van der Waals surface area contributed by atoms with Crippen LogP contribution in [0.15, 0.2) is 109 Å². The van der Waals surface area contributed by atoms with Gasteiger partial charge in [0.05, 0.1) is 19.8 Å².